The van der Waals surface area contributed by atoms with Crippen molar-refractivity contribution in [1.29, 1.82) is 0 Å². The molecule has 0 fully saturated rings. The number of aromatic nitrogens is 3. The van der Waals surface area contributed by atoms with Crippen LogP contribution in [-0.2, 0) is 16.1 Å². The first-order valence-electron chi connectivity index (χ1n) is 6.41. The third kappa shape index (κ3) is 4.30. The maximum atomic E-state index is 12.4. The highest BCUT2D eigenvalue weighted by molar-refractivity contribution is 5.92. The lowest BCUT2D eigenvalue weighted by Crippen LogP contribution is -2.40. The van der Waals surface area contributed by atoms with E-state index in [0.717, 1.165) is 11.1 Å². The van der Waals surface area contributed by atoms with Gasteiger partial charge < -0.3 is 14.7 Å². The van der Waals surface area contributed by atoms with Crippen LogP contribution in [0.25, 0.3) is 0 Å². The number of carboxylic acids is 1. The van der Waals surface area contributed by atoms with Crippen LogP contribution in [0.4, 0.5) is 0 Å². The van der Waals surface area contributed by atoms with E-state index in [9.17, 15) is 9.59 Å². The minimum atomic E-state index is -1.04. The van der Waals surface area contributed by atoms with Gasteiger partial charge in [0.05, 0.1) is 12.8 Å². The van der Waals surface area contributed by atoms with Crippen LogP contribution in [0.1, 0.15) is 30.8 Å². The number of amides is 1. The molecule has 0 aliphatic rings. The number of carbonyl (C=O) groups excluding carboxylic acids is 1. The number of nitrogens with zero attached hydrogens (tertiary/aromatic N) is 4. The Labute approximate surface area is 117 Å². The van der Waals surface area contributed by atoms with Crippen molar-refractivity contribution < 1.29 is 19.4 Å². The normalized spacial score (nSPS) is 12.2. The Morgan fingerprint density at radius 1 is 1.55 bits per heavy atom. The summed E-state index contributed by atoms with van der Waals surface area (Å²) in [6, 6.07) is 0.0438. The molecule has 20 heavy (non-hydrogen) atoms. The van der Waals surface area contributed by atoms with Crippen LogP contribution in [0.15, 0.2) is 6.20 Å². The molecule has 8 heteroatoms. The number of hydrogen-bond acceptors (Lipinski definition) is 5. The van der Waals surface area contributed by atoms with Gasteiger partial charge in [-0.3, -0.25) is 9.59 Å². The van der Waals surface area contributed by atoms with Gasteiger partial charge in [0.25, 0.3) is 5.91 Å². The summed E-state index contributed by atoms with van der Waals surface area (Å²) in [5.41, 5.74) is 0.141. The fraction of sp³-hybridized carbons (Fsp3) is 0.667. The lowest BCUT2D eigenvalue weighted by Gasteiger charge is -2.27. The lowest BCUT2D eigenvalue weighted by atomic mass is 10.2. The van der Waals surface area contributed by atoms with Crippen LogP contribution < -0.4 is 0 Å². The van der Waals surface area contributed by atoms with E-state index in [-0.39, 0.29) is 24.2 Å². The second-order valence-corrected chi connectivity index (χ2v) is 4.44. The standard InChI is InChI=1S/C12H20N4O4/c1-4-9(2)16(5-6-20-3)12(19)10-7-15(14-13-10)8-11(17)18/h7,9H,4-6,8H2,1-3H3,(H,17,18). The minimum absolute atomic E-state index is 0.0438. The zero-order valence-corrected chi connectivity index (χ0v) is 11.9. The summed E-state index contributed by atoms with van der Waals surface area (Å²) in [6.45, 7) is 4.49. The number of carboxylic acid groups (broad SMARTS) is 1. The zero-order valence-electron chi connectivity index (χ0n) is 11.9. The second-order valence-electron chi connectivity index (χ2n) is 4.44. The summed E-state index contributed by atoms with van der Waals surface area (Å²) in [5, 5.41) is 16.0. The van der Waals surface area contributed by atoms with Crippen LogP contribution in [-0.4, -0.2) is 63.2 Å². The number of carbonyl (C=O) groups is 2. The molecule has 1 N–H and O–H groups in total. The van der Waals surface area contributed by atoms with Gasteiger partial charge >= 0.3 is 5.97 Å². The Morgan fingerprint density at radius 3 is 2.80 bits per heavy atom. The van der Waals surface area contributed by atoms with E-state index in [1.54, 1.807) is 12.0 Å². The molecular formula is C12H20N4O4. The van der Waals surface area contributed by atoms with Gasteiger partial charge in [0.2, 0.25) is 0 Å². The quantitative estimate of drug-likeness (QED) is 0.735. The Morgan fingerprint density at radius 2 is 2.25 bits per heavy atom. The number of aliphatic carboxylic acids is 1. The first-order valence-corrected chi connectivity index (χ1v) is 6.41. The van der Waals surface area contributed by atoms with Crippen LogP contribution in [0.2, 0.25) is 0 Å². The Kier molecular flexibility index (Phi) is 6.10. The fourth-order valence-corrected chi connectivity index (χ4v) is 1.69. The average Bonchev–Trinajstić information content (AvgIpc) is 2.86. The van der Waals surface area contributed by atoms with E-state index in [1.165, 1.54) is 6.20 Å². The van der Waals surface area contributed by atoms with Gasteiger partial charge in [-0.1, -0.05) is 12.1 Å². The first kappa shape index (κ1) is 16.1. The molecule has 1 aromatic heterocycles. The Hall–Kier alpha value is -1.96. The first-order chi connectivity index (χ1) is 9.49. The molecule has 0 aromatic carbocycles. The highest BCUT2D eigenvalue weighted by atomic mass is 16.5. The Bertz CT molecular complexity index is 460. The van der Waals surface area contributed by atoms with Gasteiger partial charge in [0, 0.05) is 19.7 Å². The summed E-state index contributed by atoms with van der Waals surface area (Å²) < 4.78 is 6.12. The monoisotopic (exact) mass is 284 g/mol. The summed E-state index contributed by atoms with van der Waals surface area (Å²) in [7, 11) is 1.57. The molecule has 0 aliphatic heterocycles. The summed E-state index contributed by atoms with van der Waals surface area (Å²) >= 11 is 0. The zero-order chi connectivity index (χ0) is 15.1. The molecule has 1 rings (SSSR count). The number of rotatable bonds is 8. The lowest BCUT2D eigenvalue weighted by molar-refractivity contribution is -0.137. The highest BCUT2D eigenvalue weighted by Gasteiger charge is 2.23. The van der Waals surface area contributed by atoms with Crippen molar-refractivity contribution in [2.24, 2.45) is 0 Å². The van der Waals surface area contributed by atoms with Crippen LogP contribution in [0, 0.1) is 0 Å². The molecule has 1 atom stereocenters. The van der Waals surface area contributed by atoms with Crippen molar-refractivity contribution in [2.75, 3.05) is 20.3 Å². The van der Waals surface area contributed by atoms with Gasteiger partial charge in [-0.15, -0.1) is 5.10 Å². The highest BCUT2D eigenvalue weighted by Crippen LogP contribution is 2.08. The largest absolute Gasteiger partial charge is 0.480 e. The number of methoxy groups -OCH3 is 1. The third-order valence-corrected chi connectivity index (χ3v) is 2.98. The molecule has 1 heterocycles. The van der Waals surface area contributed by atoms with Gasteiger partial charge in [-0.2, -0.15) is 0 Å². The van der Waals surface area contributed by atoms with Crippen molar-refractivity contribution in [2.45, 2.75) is 32.9 Å². The third-order valence-electron chi connectivity index (χ3n) is 2.98. The molecule has 0 saturated carbocycles. The Balaban J connectivity index is 2.82. The van der Waals surface area contributed by atoms with Crippen molar-refractivity contribution in [1.82, 2.24) is 19.9 Å². The average molecular weight is 284 g/mol. The van der Waals surface area contributed by atoms with E-state index < -0.39 is 5.97 Å². The van der Waals surface area contributed by atoms with E-state index in [0.29, 0.717) is 13.2 Å². The summed E-state index contributed by atoms with van der Waals surface area (Å²) in [5.74, 6) is -1.31. The molecule has 1 aromatic rings. The van der Waals surface area contributed by atoms with Crippen LogP contribution >= 0.6 is 0 Å². The van der Waals surface area contributed by atoms with Gasteiger partial charge in [-0.05, 0) is 13.3 Å². The van der Waals surface area contributed by atoms with E-state index >= 15 is 0 Å². The van der Waals surface area contributed by atoms with E-state index in [1.807, 2.05) is 13.8 Å². The van der Waals surface area contributed by atoms with Gasteiger partial charge in [-0.25, -0.2) is 4.68 Å². The molecule has 0 spiro atoms. The molecule has 1 unspecified atom stereocenters. The molecule has 0 aliphatic carbocycles. The van der Waals surface area contributed by atoms with Crippen molar-refractivity contribution in [3.8, 4) is 0 Å². The molecule has 0 saturated heterocycles. The van der Waals surface area contributed by atoms with Crippen molar-refractivity contribution >= 4 is 11.9 Å². The fourth-order valence-electron chi connectivity index (χ4n) is 1.69. The van der Waals surface area contributed by atoms with Crippen LogP contribution in [0.5, 0.6) is 0 Å². The molecule has 112 valence electrons. The molecule has 8 nitrogen and oxygen atoms in total. The number of ether oxygens (including phenoxy) is 1. The summed E-state index contributed by atoms with van der Waals surface area (Å²) in [6.07, 6.45) is 2.15. The SMILES string of the molecule is CCC(C)N(CCOC)C(=O)c1cn(CC(=O)O)nn1. The molecule has 0 bridgehead atoms. The minimum Gasteiger partial charge on any atom is -0.480 e. The summed E-state index contributed by atoms with van der Waals surface area (Å²) in [4.78, 5) is 24.6. The maximum absolute atomic E-state index is 12.4. The van der Waals surface area contributed by atoms with Crippen LogP contribution in [0.3, 0.4) is 0 Å². The van der Waals surface area contributed by atoms with E-state index in [2.05, 4.69) is 10.3 Å². The smallest absolute Gasteiger partial charge is 0.325 e. The topological polar surface area (TPSA) is 97.5 Å². The maximum Gasteiger partial charge on any atom is 0.325 e. The predicted molar refractivity (Wildman–Crippen MR) is 70.3 cm³/mol. The molecular weight excluding hydrogens is 264 g/mol. The van der Waals surface area contributed by atoms with E-state index in [4.69, 9.17) is 9.84 Å². The van der Waals surface area contributed by atoms with Crippen molar-refractivity contribution in [3.63, 3.8) is 0 Å². The molecule has 0 radical (unpaired) electrons. The van der Waals surface area contributed by atoms with Gasteiger partial charge in [0.1, 0.15) is 6.54 Å². The number of hydrogen-bond donors (Lipinski definition) is 1. The second kappa shape index (κ2) is 7.59. The predicted octanol–water partition coefficient (Wildman–Crippen LogP) is 0.250. The molecule has 1 amide bonds. The van der Waals surface area contributed by atoms with Gasteiger partial charge in [0.15, 0.2) is 5.69 Å². The van der Waals surface area contributed by atoms with Crippen molar-refractivity contribution in [3.05, 3.63) is 11.9 Å².